The molecule has 7 nitrogen and oxygen atoms in total. The number of nitrogens with one attached hydrogen (secondary N) is 1. The summed E-state index contributed by atoms with van der Waals surface area (Å²) >= 11 is 2.93. The molecule has 2 N–H and O–H groups in total. The molecular weight excluding hydrogens is 354 g/mol. The Morgan fingerprint density at radius 1 is 1.45 bits per heavy atom. The summed E-state index contributed by atoms with van der Waals surface area (Å²) in [5, 5.41) is 8.81. The minimum Gasteiger partial charge on any atom is -0.475 e. The highest BCUT2D eigenvalue weighted by Crippen LogP contribution is 2.29. The van der Waals surface area contributed by atoms with Gasteiger partial charge >= 0.3 is 5.97 Å². The number of ether oxygens (including phenoxy) is 1. The molecular formula is C11H14BrNO6S. The fourth-order valence-corrected chi connectivity index (χ4v) is 4.35. The first-order valence-electron chi connectivity index (χ1n) is 5.88. The van der Waals surface area contributed by atoms with Crippen LogP contribution in [0.1, 0.15) is 30.3 Å². The predicted molar refractivity (Wildman–Crippen MR) is 72.1 cm³/mol. The maximum Gasteiger partial charge on any atom is 0.371 e. The van der Waals surface area contributed by atoms with Crippen LogP contribution in [0, 0.1) is 0 Å². The van der Waals surface area contributed by atoms with Gasteiger partial charge in [-0.1, -0.05) is 0 Å². The molecule has 1 aliphatic rings. The minimum absolute atomic E-state index is 0.127. The molecule has 1 aliphatic heterocycles. The first kappa shape index (κ1) is 15.5. The third-order valence-corrected chi connectivity index (χ3v) is 5.63. The molecule has 0 unspecified atom stereocenters. The zero-order chi connectivity index (χ0) is 15.0. The minimum atomic E-state index is -3.87. The van der Waals surface area contributed by atoms with E-state index in [2.05, 4.69) is 20.7 Å². The van der Waals surface area contributed by atoms with E-state index >= 15 is 0 Å². The second-order valence-corrected chi connectivity index (χ2v) is 7.20. The SMILES string of the molecule is CC1(NS(=O)(=O)c2cc(C(=O)O)oc2Br)CCOCC1. The van der Waals surface area contributed by atoms with Gasteiger partial charge in [0.2, 0.25) is 15.8 Å². The Kier molecular flexibility index (Phi) is 4.24. The molecule has 0 aliphatic carbocycles. The second-order valence-electron chi connectivity index (χ2n) is 4.83. The number of carbonyl (C=O) groups is 1. The van der Waals surface area contributed by atoms with Crippen molar-refractivity contribution in [1.29, 1.82) is 0 Å². The molecule has 2 rings (SSSR count). The van der Waals surface area contributed by atoms with E-state index < -0.39 is 27.3 Å². The van der Waals surface area contributed by atoms with Crippen LogP contribution in [-0.2, 0) is 14.8 Å². The Bertz CT molecular complexity index is 617. The quantitative estimate of drug-likeness (QED) is 0.836. The van der Waals surface area contributed by atoms with Gasteiger partial charge in [-0.15, -0.1) is 0 Å². The standard InChI is InChI=1S/C11H14BrNO6S/c1-11(2-4-18-5-3-11)13-20(16,17)8-6-7(10(14)15)19-9(8)12/h6,13H,2-5H2,1H3,(H,14,15). The Morgan fingerprint density at radius 2 is 2.05 bits per heavy atom. The smallest absolute Gasteiger partial charge is 0.371 e. The zero-order valence-corrected chi connectivity index (χ0v) is 13.1. The monoisotopic (exact) mass is 367 g/mol. The lowest BCUT2D eigenvalue weighted by Crippen LogP contribution is -2.49. The topological polar surface area (TPSA) is 106 Å². The molecule has 20 heavy (non-hydrogen) atoms. The van der Waals surface area contributed by atoms with E-state index in [0.29, 0.717) is 26.1 Å². The van der Waals surface area contributed by atoms with E-state index in [0.717, 1.165) is 6.07 Å². The number of hydrogen-bond acceptors (Lipinski definition) is 5. The van der Waals surface area contributed by atoms with Gasteiger partial charge in [-0.25, -0.2) is 17.9 Å². The maximum absolute atomic E-state index is 12.3. The highest BCUT2D eigenvalue weighted by Gasteiger charge is 2.35. The molecule has 112 valence electrons. The van der Waals surface area contributed by atoms with Crippen LogP contribution in [0.15, 0.2) is 20.0 Å². The third-order valence-electron chi connectivity index (χ3n) is 3.13. The molecule has 0 spiro atoms. The van der Waals surface area contributed by atoms with Crippen molar-refractivity contribution in [3.05, 3.63) is 16.5 Å². The molecule has 0 aromatic carbocycles. The van der Waals surface area contributed by atoms with E-state index in [1.807, 2.05) is 0 Å². The van der Waals surface area contributed by atoms with Crippen LogP contribution >= 0.6 is 15.9 Å². The number of aromatic carboxylic acids is 1. The number of sulfonamides is 1. The molecule has 9 heteroatoms. The molecule has 1 aromatic heterocycles. The van der Waals surface area contributed by atoms with E-state index in [9.17, 15) is 13.2 Å². The average Bonchev–Trinajstić information content (AvgIpc) is 2.72. The lowest BCUT2D eigenvalue weighted by Gasteiger charge is -2.33. The summed E-state index contributed by atoms with van der Waals surface area (Å²) in [5.41, 5.74) is -0.614. The van der Waals surface area contributed by atoms with Gasteiger partial charge in [0.25, 0.3) is 0 Å². The fraction of sp³-hybridized carbons (Fsp3) is 0.545. The van der Waals surface area contributed by atoms with Crippen LogP contribution in [0.3, 0.4) is 0 Å². The van der Waals surface area contributed by atoms with Crippen molar-refractivity contribution in [2.45, 2.75) is 30.2 Å². The first-order chi connectivity index (χ1) is 9.23. The Labute approximate surface area is 124 Å². The van der Waals surface area contributed by atoms with Gasteiger partial charge in [0.1, 0.15) is 4.90 Å². The molecule has 0 bridgehead atoms. The molecule has 0 radical (unpaired) electrons. The van der Waals surface area contributed by atoms with Gasteiger partial charge in [0.15, 0.2) is 4.67 Å². The molecule has 0 amide bonds. The fourth-order valence-electron chi connectivity index (χ4n) is 1.94. The summed E-state index contributed by atoms with van der Waals surface area (Å²) in [4.78, 5) is 10.6. The average molecular weight is 368 g/mol. The highest BCUT2D eigenvalue weighted by atomic mass is 79.9. The first-order valence-corrected chi connectivity index (χ1v) is 8.15. The van der Waals surface area contributed by atoms with Gasteiger partial charge in [0, 0.05) is 24.8 Å². The van der Waals surface area contributed by atoms with E-state index in [1.165, 1.54) is 0 Å². The van der Waals surface area contributed by atoms with Crippen LogP contribution < -0.4 is 4.72 Å². The summed E-state index contributed by atoms with van der Waals surface area (Å²) in [7, 11) is -3.87. The lowest BCUT2D eigenvalue weighted by atomic mass is 9.94. The summed E-state index contributed by atoms with van der Waals surface area (Å²) in [5.74, 6) is -1.76. The van der Waals surface area contributed by atoms with Gasteiger partial charge in [-0.3, -0.25) is 0 Å². The van der Waals surface area contributed by atoms with Gasteiger partial charge in [-0.2, -0.15) is 0 Å². The van der Waals surface area contributed by atoms with E-state index in [1.54, 1.807) is 6.92 Å². The third kappa shape index (κ3) is 3.22. The number of halogens is 1. The Balaban J connectivity index is 2.28. The molecule has 2 heterocycles. The van der Waals surface area contributed by atoms with Crippen molar-refractivity contribution >= 4 is 31.9 Å². The number of hydrogen-bond donors (Lipinski definition) is 2. The summed E-state index contributed by atoms with van der Waals surface area (Å²) in [6, 6.07) is 0.984. The number of rotatable bonds is 4. The van der Waals surface area contributed by atoms with Crippen molar-refractivity contribution in [1.82, 2.24) is 4.72 Å². The van der Waals surface area contributed by atoms with Crippen LogP contribution in [0.2, 0.25) is 0 Å². The molecule has 0 atom stereocenters. The second kappa shape index (κ2) is 5.47. The van der Waals surface area contributed by atoms with E-state index in [-0.39, 0.29) is 9.56 Å². The van der Waals surface area contributed by atoms with E-state index in [4.69, 9.17) is 14.3 Å². The van der Waals surface area contributed by atoms with Crippen molar-refractivity contribution in [2.24, 2.45) is 0 Å². The summed E-state index contributed by atoms with van der Waals surface area (Å²) in [6.45, 7) is 2.75. The van der Waals surface area contributed by atoms with Crippen molar-refractivity contribution in [3.8, 4) is 0 Å². The van der Waals surface area contributed by atoms with Crippen LogP contribution in [0.5, 0.6) is 0 Å². The van der Waals surface area contributed by atoms with Crippen LogP contribution in [0.25, 0.3) is 0 Å². The molecule has 1 fully saturated rings. The van der Waals surface area contributed by atoms with Gasteiger partial charge in [0.05, 0.1) is 0 Å². The predicted octanol–water partition coefficient (Wildman–Crippen LogP) is 1.59. The van der Waals surface area contributed by atoms with Crippen molar-refractivity contribution in [2.75, 3.05) is 13.2 Å². The largest absolute Gasteiger partial charge is 0.475 e. The summed E-state index contributed by atoms with van der Waals surface area (Å²) < 4.78 is 37.2. The number of carboxylic acid groups (broad SMARTS) is 1. The maximum atomic E-state index is 12.3. The van der Waals surface area contributed by atoms with Crippen molar-refractivity contribution in [3.63, 3.8) is 0 Å². The summed E-state index contributed by atoms with van der Waals surface area (Å²) in [6.07, 6.45) is 1.10. The number of carboxylic acids is 1. The molecule has 0 saturated carbocycles. The van der Waals surface area contributed by atoms with Crippen LogP contribution in [-0.4, -0.2) is 38.2 Å². The Hall–Kier alpha value is -0.900. The van der Waals surface area contributed by atoms with Crippen LogP contribution in [0.4, 0.5) is 0 Å². The Morgan fingerprint density at radius 3 is 2.55 bits per heavy atom. The van der Waals surface area contributed by atoms with Gasteiger partial charge in [-0.05, 0) is 35.7 Å². The molecule has 1 saturated heterocycles. The van der Waals surface area contributed by atoms with Gasteiger partial charge < -0.3 is 14.3 Å². The lowest BCUT2D eigenvalue weighted by molar-refractivity contribution is 0.0537. The van der Waals surface area contributed by atoms with Crippen molar-refractivity contribution < 1.29 is 27.5 Å². The number of furan rings is 1. The molecule has 1 aromatic rings. The highest BCUT2D eigenvalue weighted by molar-refractivity contribution is 9.10. The zero-order valence-electron chi connectivity index (χ0n) is 10.7. The normalized spacial score (nSPS) is 18.9.